The molecule has 7 nitrogen and oxygen atoms in total. The minimum absolute atomic E-state index is 0.171. The van der Waals surface area contributed by atoms with E-state index in [-0.39, 0.29) is 24.0 Å². The van der Waals surface area contributed by atoms with Gasteiger partial charge in [-0.25, -0.2) is 4.39 Å². The maximum absolute atomic E-state index is 13.5. The number of para-hydroxylation sites is 1. The van der Waals surface area contributed by atoms with Gasteiger partial charge in [0.25, 0.3) is 5.91 Å². The summed E-state index contributed by atoms with van der Waals surface area (Å²) in [6.45, 7) is 0.229. The zero-order chi connectivity index (χ0) is 25.8. The summed E-state index contributed by atoms with van der Waals surface area (Å²) in [4.78, 5) is 29.5. The van der Waals surface area contributed by atoms with Crippen molar-refractivity contribution in [2.75, 3.05) is 24.4 Å². The van der Waals surface area contributed by atoms with Crippen LogP contribution >= 0.6 is 23.8 Å². The van der Waals surface area contributed by atoms with Crippen molar-refractivity contribution in [3.05, 3.63) is 83.1 Å². The fourth-order valence-corrected chi connectivity index (χ4v) is 4.53. The first-order chi connectivity index (χ1) is 17.3. The fourth-order valence-electron chi connectivity index (χ4n) is 3.96. The first kappa shape index (κ1) is 25.4. The van der Waals surface area contributed by atoms with E-state index in [1.54, 1.807) is 48.4 Å². The van der Waals surface area contributed by atoms with E-state index in [1.807, 2.05) is 6.07 Å². The van der Waals surface area contributed by atoms with Gasteiger partial charge in [-0.05, 0) is 66.3 Å². The Bertz CT molecular complexity index is 1300. The first-order valence-corrected chi connectivity index (χ1v) is 11.8. The minimum atomic E-state index is -0.891. The van der Waals surface area contributed by atoms with Crippen LogP contribution in [0.15, 0.2) is 66.7 Å². The van der Waals surface area contributed by atoms with Crippen molar-refractivity contribution >= 4 is 52.1 Å². The first-order valence-electron chi connectivity index (χ1n) is 11.0. The van der Waals surface area contributed by atoms with E-state index in [4.69, 9.17) is 33.3 Å². The highest BCUT2D eigenvalue weighted by Gasteiger charge is 2.44. The molecule has 3 aromatic rings. The lowest BCUT2D eigenvalue weighted by atomic mass is 10.1. The summed E-state index contributed by atoms with van der Waals surface area (Å²) < 4.78 is 24.2. The molecule has 0 radical (unpaired) electrons. The van der Waals surface area contributed by atoms with Crippen molar-refractivity contribution in [2.45, 2.75) is 19.0 Å². The lowest BCUT2D eigenvalue weighted by Gasteiger charge is -2.24. The summed E-state index contributed by atoms with van der Waals surface area (Å²) in [5.74, 6) is -0.141. The molecule has 1 N–H and O–H groups in total. The number of amides is 2. The van der Waals surface area contributed by atoms with Crippen LogP contribution in [0.5, 0.6) is 11.5 Å². The monoisotopic (exact) mass is 527 g/mol. The number of carbonyl (C=O) groups excluding carboxylic acids is 2. The Labute approximate surface area is 218 Å². The fraction of sp³-hybridized carbons (Fsp3) is 0.192. The number of rotatable bonds is 8. The van der Waals surface area contributed by atoms with Crippen LogP contribution in [0.4, 0.5) is 15.8 Å². The number of benzene rings is 3. The van der Waals surface area contributed by atoms with Crippen molar-refractivity contribution in [1.29, 1.82) is 0 Å². The Morgan fingerprint density at radius 1 is 1.06 bits per heavy atom. The third-order valence-electron chi connectivity index (χ3n) is 5.73. The van der Waals surface area contributed by atoms with Crippen LogP contribution in [0.3, 0.4) is 0 Å². The van der Waals surface area contributed by atoms with E-state index >= 15 is 0 Å². The van der Waals surface area contributed by atoms with Crippen molar-refractivity contribution in [3.63, 3.8) is 0 Å². The Morgan fingerprint density at radius 3 is 2.42 bits per heavy atom. The van der Waals surface area contributed by atoms with Gasteiger partial charge in [0.2, 0.25) is 5.91 Å². The van der Waals surface area contributed by atoms with Gasteiger partial charge in [0.15, 0.2) is 16.6 Å². The molecule has 1 atom stereocenters. The number of thiocarbonyl (C=S) groups is 1. The van der Waals surface area contributed by atoms with Gasteiger partial charge >= 0.3 is 0 Å². The van der Waals surface area contributed by atoms with Crippen LogP contribution in [0.25, 0.3) is 0 Å². The Kier molecular flexibility index (Phi) is 7.71. The molecule has 0 aliphatic carbocycles. The number of ether oxygens (including phenoxy) is 2. The highest BCUT2D eigenvalue weighted by Crippen LogP contribution is 2.32. The van der Waals surface area contributed by atoms with E-state index in [0.29, 0.717) is 27.9 Å². The molecule has 4 rings (SSSR count). The number of anilines is 2. The molecule has 1 unspecified atom stereocenters. The van der Waals surface area contributed by atoms with Crippen molar-refractivity contribution in [3.8, 4) is 11.5 Å². The molecule has 1 aliphatic heterocycles. The molecule has 1 heterocycles. The smallest absolute Gasteiger partial charge is 0.256 e. The summed E-state index contributed by atoms with van der Waals surface area (Å²) in [6, 6.07) is 16.8. The standard InChI is InChI=1S/C26H23ClFN3O4S/c1-34-22-12-7-16(13-23(22)35-2)15-30-21(14-24(32)29-20-6-4-3-5-19(20)27)25(33)31(26(30)36)18-10-8-17(28)9-11-18/h3-13,21H,14-15H2,1-2H3,(H,29,32). The molecule has 0 saturated carbocycles. The molecule has 3 aromatic carbocycles. The quantitative estimate of drug-likeness (QED) is 0.414. The summed E-state index contributed by atoms with van der Waals surface area (Å²) in [5, 5.41) is 3.34. The number of methoxy groups -OCH3 is 2. The normalized spacial score (nSPS) is 15.3. The minimum Gasteiger partial charge on any atom is -0.493 e. The highest BCUT2D eigenvalue weighted by atomic mass is 35.5. The lowest BCUT2D eigenvalue weighted by molar-refractivity contribution is -0.124. The molecule has 0 aromatic heterocycles. The predicted molar refractivity (Wildman–Crippen MR) is 140 cm³/mol. The van der Waals surface area contributed by atoms with Crippen LogP contribution in [0.1, 0.15) is 12.0 Å². The summed E-state index contributed by atoms with van der Waals surface area (Å²) in [6.07, 6.45) is -0.171. The molecule has 36 heavy (non-hydrogen) atoms. The molecular weight excluding hydrogens is 505 g/mol. The van der Waals surface area contributed by atoms with Crippen LogP contribution in [-0.2, 0) is 16.1 Å². The van der Waals surface area contributed by atoms with E-state index in [0.717, 1.165) is 5.56 Å². The molecule has 1 saturated heterocycles. The van der Waals surface area contributed by atoms with E-state index in [2.05, 4.69) is 5.32 Å². The van der Waals surface area contributed by atoms with E-state index < -0.39 is 17.8 Å². The van der Waals surface area contributed by atoms with Gasteiger partial charge < -0.3 is 19.7 Å². The largest absolute Gasteiger partial charge is 0.493 e. The number of hydrogen-bond acceptors (Lipinski definition) is 5. The third kappa shape index (κ3) is 5.27. The van der Waals surface area contributed by atoms with Gasteiger partial charge in [0.1, 0.15) is 11.9 Å². The maximum atomic E-state index is 13.5. The Hall–Kier alpha value is -3.69. The molecule has 10 heteroatoms. The Balaban J connectivity index is 1.64. The van der Waals surface area contributed by atoms with E-state index in [9.17, 15) is 14.0 Å². The molecule has 0 bridgehead atoms. The number of carbonyl (C=O) groups is 2. The second-order valence-corrected chi connectivity index (χ2v) is 8.77. The predicted octanol–water partition coefficient (Wildman–Crippen LogP) is 5.03. The zero-order valence-electron chi connectivity index (χ0n) is 19.5. The second kappa shape index (κ2) is 10.9. The molecular formula is C26H23ClFN3O4S. The second-order valence-electron chi connectivity index (χ2n) is 8.00. The number of hydrogen-bond donors (Lipinski definition) is 1. The van der Waals surface area contributed by atoms with Crippen LogP contribution in [0.2, 0.25) is 5.02 Å². The van der Waals surface area contributed by atoms with Gasteiger partial charge in [0, 0.05) is 6.54 Å². The van der Waals surface area contributed by atoms with Crippen molar-refractivity contribution in [1.82, 2.24) is 4.90 Å². The number of nitrogens with one attached hydrogen (secondary N) is 1. The molecule has 186 valence electrons. The molecule has 1 aliphatic rings. The van der Waals surface area contributed by atoms with Gasteiger partial charge in [-0.15, -0.1) is 0 Å². The summed E-state index contributed by atoms with van der Waals surface area (Å²) in [7, 11) is 3.07. The average Bonchev–Trinajstić information content (AvgIpc) is 3.09. The van der Waals surface area contributed by atoms with Crippen molar-refractivity contribution < 1.29 is 23.5 Å². The summed E-state index contributed by atoms with van der Waals surface area (Å²) in [5.41, 5.74) is 1.65. The molecule has 2 amide bonds. The van der Waals surface area contributed by atoms with Gasteiger partial charge in [-0.2, -0.15) is 0 Å². The van der Waals surface area contributed by atoms with Crippen molar-refractivity contribution in [2.24, 2.45) is 0 Å². The highest BCUT2D eigenvalue weighted by molar-refractivity contribution is 7.80. The van der Waals surface area contributed by atoms with Crippen LogP contribution in [-0.4, -0.2) is 42.1 Å². The van der Waals surface area contributed by atoms with E-state index in [1.165, 1.54) is 36.3 Å². The van der Waals surface area contributed by atoms with Gasteiger partial charge in [0.05, 0.1) is 37.0 Å². The maximum Gasteiger partial charge on any atom is 0.256 e. The lowest BCUT2D eigenvalue weighted by Crippen LogP contribution is -2.37. The third-order valence-corrected chi connectivity index (χ3v) is 6.48. The average molecular weight is 528 g/mol. The molecule has 1 fully saturated rings. The zero-order valence-corrected chi connectivity index (χ0v) is 21.1. The SMILES string of the molecule is COc1ccc(CN2C(=S)N(c3ccc(F)cc3)C(=O)C2CC(=O)Nc2ccccc2Cl)cc1OC. The molecule has 0 spiro atoms. The Morgan fingerprint density at radius 2 is 1.75 bits per heavy atom. The van der Waals surface area contributed by atoms with Gasteiger partial charge in [-0.3, -0.25) is 14.5 Å². The number of halogens is 2. The topological polar surface area (TPSA) is 71.1 Å². The van der Waals surface area contributed by atoms with Crippen LogP contribution < -0.4 is 19.7 Å². The van der Waals surface area contributed by atoms with Gasteiger partial charge in [-0.1, -0.05) is 29.8 Å². The number of nitrogens with zero attached hydrogens (tertiary/aromatic N) is 2. The summed E-state index contributed by atoms with van der Waals surface area (Å²) >= 11 is 11.8. The van der Waals surface area contributed by atoms with Crippen LogP contribution in [0, 0.1) is 5.82 Å².